The molecule has 0 radical (unpaired) electrons. The van der Waals surface area contributed by atoms with Crippen LogP contribution in [0.3, 0.4) is 0 Å². The molecule has 2 aromatic carbocycles. The summed E-state index contributed by atoms with van der Waals surface area (Å²) in [5, 5.41) is 6.01. The third-order valence-electron chi connectivity index (χ3n) is 4.13. The summed E-state index contributed by atoms with van der Waals surface area (Å²) in [5.41, 5.74) is 1.52. The Morgan fingerprint density at radius 3 is 2.22 bits per heavy atom. The highest BCUT2D eigenvalue weighted by Crippen LogP contribution is 2.20. The number of carbonyl (C=O) groups excluding carboxylic acids is 2. The van der Waals surface area contributed by atoms with Gasteiger partial charge in [-0.05, 0) is 56.1 Å². The van der Waals surface area contributed by atoms with Gasteiger partial charge in [0.1, 0.15) is 5.75 Å². The maximum atomic E-state index is 12.1. The van der Waals surface area contributed by atoms with E-state index in [0.29, 0.717) is 17.1 Å². The number of nitrogens with zero attached hydrogens (tertiary/aromatic N) is 1. The van der Waals surface area contributed by atoms with Gasteiger partial charge in [0.25, 0.3) is 5.91 Å². The fourth-order valence-corrected chi connectivity index (χ4v) is 2.69. The minimum absolute atomic E-state index is 0.00632. The van der Waals surface area contributed by atoms with Gasteiger partial charge in [-0.1, -0.05) is 23.7 Å². The van der Waals surface area contributed by atoms with E-state index < -0.39 is 0 Å². The second kappa shape index (κ2) is 9.94. The molecule has 0 spiro atoms. The third kappa shape index (κ3) is 6.27. The van der Waals surface area contributed by atoms with Gasteiger partial charge in [0.2, 0.25) is 5.91 Å². The number of rotatable bonds is 8. The van der Waals surface area contributed by atoms with Gasteiger partial charge in [-0.3, -0.25) is 9.59 Å². The Morgan fingerprint density at radius 1 is 1.04 bits per heavy atom. The van der Waals surface area contributed by atoms with E-state index >= 15 is 0 Å². The van der Waals surface area contributed by atoms with Crippen LogP contribution in [0.1, 0.15) is 22.0 Å². The van der Waals surface area contributed by atoms with Crippen LogP contribution in [0.15, 0.2) is 48.5 Å². The van der Waals surface area contributed by atoms with Gasteiger partial charge in [0.05, 0.1) is 19.7 Å². The lowest BCUT2D eigenvalue weighted by Crippen LogP contribution is -2.40. The lowest BCUT2D eigenvalue weighted by molar-refractivity contribution is -0.120. The highest BCUT2D eigenvalue weighted by atomic mass is 35.5. The zero-order valence-corrected chi connectivity index (χ0v) is 16.4. The maximum absolute atomic E-state index is 12.1. The monoisotopic (exact) mass is 389 g/mol. The van der Waals surface area contributed by atoms with Gasteiger partial charge in [-0.25, -0.2) is 0 Å². The number of halogens is 1. The minimum atomic E-state index is -0.318. The molecular weight excluding hydrogens is 366 g/mol. The number of benzene rings is 2. The summed E-state index contributed by atoms with van der Waals surface area (Å²) < 4.78 is 5.17. The first-order chi connectivity index (χ1) is 12.9. The van der Waals surface area contributed by atoms with Crippen molar-refractivity contribution < 1.29 is 14.3 Å². The summed E-state index contributed by atoms with van der Waals surface area (Å²) in [5.74, 6) is 0.212. The Hall–Kier alpha value is -2.57. The molecule has 0 aliphatic heterocycles. The number of hydrogen-bond acceptors (Lipinski definition) is 4. The number of methoxy groups -OCH3 is 1. The summed E-state index contributed by atoms with van der Waals surface area (Å²) in [6.45, 7) is 0.333. The first-order valence-electron chi connectivity index (χ1n) is 8.51. The number of ether oxygens (including phenoxy) is 1. The van der Waals surface area contributed by atoms with Gasteiger partial charge < -0.3 is 20.3 Å². The predicted molar refractivity (Wildman–Crippen MR) is 106 cm³/mol. The van der Waals surface area contributed by atoms with E-state index in [9.17, 15) is 9.59 Å². The number of likely N-dealkylation sites (N-methyl/N-ethyl adjacent to an activating group) is 1. The molecule has 0 unspecified atom stereocenters. The zero-order chi connectivity index (χ0) is 19.8. The summed E-state index contributed by atoms with van der Waals surface area (Å²) in [6, 6.07) is 14.2. The van der Waals surface area contributed by atoms with Crippen molar-refractivity contribution in [2.75, 3.05) is 34.3 Å². The maximum Gasteiger partial charge on any atom is 0.251 e. The molecule has 0 bridgehead atoms. The fraction of sp³-hybridized carbons (Fsp3) is 0.300. The number of hydrogen-bond donors (Lipinski definition) is 2. The van der Waals surface area contributed by atoms with E-state index in [1.807, 2.05) is 43.3 Å². The second-order valence-electron chi connectivity index (χ2n) is 6.25. The van der Waals surface area contributed by atoms with Gasteiger partial charge in [0.15, 0.2) is 0 Å². The van der Waals surface area contributed by atoms with E-state index in [0.717, 1.165) is 11.3 Å². The Morgan fingerprint density at radius 2 is 1.67 bits per heavy atom. The highest BCUT2D eigenvalue weighted by Gasteiger charge is 2.16. The SMILES string of the molecule is COc1ccc([C@@H](CNC(=O)CNC(=O)c2ccc(Cl)cc2)N(C)C)cc1. The molecule has 0 heterocycles. The molecule has 0 aromatic heterocycles. The molecular formula is C20H24ClN3O3. The van der Waals surface area contributed by atoms with Gasteiger partial charge in [-0.2, -0.15) is 0 Å². The average molecular weight is 390 g/mol. The predicted octanol–water partition coefficient (Wildman–Crippen LogP) is 2.50. The van der Waals surface area contributed by atoms with Crippen molar-refractivity contribution in [2.24, 2.45) is 0 Å². The first-order valence-corrected chi connectivity index (χ1v) is 8.89. The molecule has 2 amide bonds. The topological polar surface area (TPSA) is 70.7 Å². The van der Waals surface area contributed by atoms with Crippen LogP contribution in [0.4, 0.5) is 0 Å². The standard InChI is InChI=1S/C20H24ClN3O3/c1-24(2)18(14-6-10-17(27-3)11-7-14)12-22-19(25)13-23-20(26)15-4-8-16(21)9-5-15/h4-11,18H,12-13H2,1-3H3,(H,22,25)(H,23,26)/t18-/m1/s1. The Labute approximate surface area is 164 Å². The molecule has 0 aliphatic rings. The molecule has 144 valence electrons. The van der Waals surface area contributed by atoms with E-state index in [4.69, 9.17) is 16.3 Å². The first kappa shape index (κ1) is 20.7. The molecule has 2 N–H and O–H groups in total. The Kier molecular flexibility index (Phi) is 7.64. The normalized spacial score (nSPS) is 11.7. The van der Waals surface area contributed by atoms with Crippen molar-refractivity contribution in [3.05, 3.63) is 64.7 Å². The lowest BCUT2D eigenvalue weighted by atomic mass is 10.1. The van der Waals surface area contributed by atoms with Crippen LogP contribution >= 0.6 is 11.6 Å². The molecule has 27 heavy (non-hydrogen) atoms. The van der Waals surface area contributed by atoms with Crippen molar-refractivity contribution in [1.82, 2.24) is 15.5 Å². The van der Waals surface area contributed by atoms with Crippen LogP contribution in [0, 0.1) is 0 Å². The van der Waals surface area contributed by atoms with Gasteiger partial charge in [-0.15, -0.1) is 0 Å². The lowest BCUT2D eigenvalue weighted by Gasteiger charge is -2.25. The Balaban J connectivity index is 1.86. The molecule has 2 rings (SSSR count). The summed E-state index contributed by atoms with van der Waals surface area (Å²) in [4.78, 5) is 26.2. The quantitative estimate of drug-likeness (QED) is 0.727. The van der Waals surface area contributed by atoms with Crippen LogP contribution in [-0.4, -0.2) is 51.0 Å². The molecule has 1 atom stereocenters. The summed E-state index contributed by atoms with van der Waals surface area (Å²) in [7, 11) is 5.52. The molecule has 0 aliphatic carbocycles. The Bertz CT molecular complexity index is 761. The third-order valence-corrected chi connectivity index (χ3v) is 4.38. The molecule has 7 heteroatoms. The van der Waals surface area contributed by atoms with Crippen molar-refractivity contribution >= 4 is 23.4 Å². The second-order valence-corrected chi connectivity index (χ2v) is 6.68. The van der Waals surface area contributed by atoms with E-state index in [1.54, 1.807) is 31.4 Å². The van der Waals surface area contributed by atoms with Crippen LogP contribution in [0.5, 0.6) is 5.75 Å². The van der Waals surface area contributed by atoms with Crippen LogP contribution in [0.25, 0.3) is 0 Å². The molecule has 6 nitrogen and oxygen atoms in total. The van der Waals surface area contributed by atoms with Crippen molar-refractivity contribution in [2.45, 2.75) is 6.04 Å². The van der Waals surface area contributed by atoms with Crippen molar-refractivity contribution in [3.8, 4) is 5.75 Å². The van der Waals surface area contributed by atoms with Crippen molar-refractivity contribution in [3.63, 3.8) is 0 Å². The number of nitrogens with one attached hydrogen (secondary N) is 2. The largest absolute Gasteiger partial charge is 0.497 e. The van der Waals surface area contributed by atoms with Gasteiger partial charge in [0, 0.05) is 17.1 Å². The molecule has 0 fully saturated rings. The van der Waals surface area contributed by atoms with Crippen LogP contribution in [-0.2, 0) is 4.79 Å². The molecule has 0 saturated heterocycles. The van der Waals surface area contributed by atoms with Crippen LogP contribution < -0.4 is 15.4 Å². The summed E-state index contributed by atoms with van der Waals surface area (Å²) in [6.07, 6.45) is 0. The zero-order valence-electron chi connectivity index (χ0n) is 15.7. The summed E-state index contributed by atoms with van der Waals surface area (Å²) >= 11 is 5.80. The van der Waals surface area contributed by atoms with E-state index in [1.165, 1.54) is 0 Å². The van der Waals surface area contributed by atoms with Crippen LogP contribution in [0.2, 0.25) is 5.02 Å². The van der Waals surface area contributed by atoms with E-state index in [2.05, 4.69) is 10.6 Å². The van der Waals surface area contributed by atoms with Crippen molar-refractivity contribution in [1.29, 1.82) is 0 Å². The molecule has 0 saturated carbocycles. The average Bonchev–Trinajstić information content (AvgIpc) is 2.67. The highest BCUT2D eigenvalue weighted by molar-refractivity contribution is 6.30. The minimum Gasteiger partial charge on any atom is -0.497 e. The smallest absolute Gasteiger partial charge is 0.251 e. The molecule has 2 aromatic rings. The van der Waals surface area contributed by atoms with E-state index in [-0.39, 0.29) is 24.4 Å². The van der Waals surface area contributed by atoms with Gasteiger partial charge >= 0.3 is 0 Å². The fourth-order valence-electron chi connectivity index (χ4n) is 2.56. The number of amides is 2. The number of carbonyl (C=O) groups is 2.